The van der Waals surface area contributed by atoms with E-state index in [0.717, 1.165) is 86.1 Å². The molecule has 0 amide bonds. The van der Waals surface area contributed by atoms with Crippen LogP contribution in [0.2, 0.25) is 5.02 Å². The molecule has 0 spiro atoms. The van der Waals surface area contributed by atoms with Gasteiger partial charge in [0.05, 0.1) is 59.6 Å². The standard InChI is InChI=1S/C24H31ClN6O2/c1-24(15-33-16-24)29-5-3-28(4-6-29)23-10-22-18(9-21(23)25)11-27-31(22)20-12-26-30(13-20)19-7-17(8-19)14-32-2/h9-13,17,19H,3-8,14-16H2,1-2H3. The fraction of sp³-hybridized carbons (Fsp3) is 0.583. The number of ether oxygens (including phenoxy) is 2. The van der Waals surface area contributed by atoms with E-state index in [-0.39, 0.29) is 5.54 Å². The first-order valence-corrected chi connectivity index (χ1v) is 12.2. The van der Waals surface area contributed by atoms with Crippen LogP contribution in [0.3, 0.4) is 0 Å². The van der Waals surface area contributed by atoms with Gasteiger partial charge < -0.3 is 14.4 Å². The zero-order valence-corrected chi connectivity index (χ0v) is 20.0. The Balaban J connectivity index is 1.22. The molecule has 0 bridgehead atoms. The van der Waals surface area contributed by atoms with Crippen LogP contribution in [0.5, 0.6) is 0 Å². The summed E-state index contributed by atoms with van der Waals surface area (Å²) in [7, 11) is 1.77. The summed E-state index contributed by atoms with van der Waals surface area (Å²) < 4.78 is 14.8. The Morgan fingerprint density at radius 1 is 1.12 bits per heavy atom. The van der Waals surface area contributed by atoms with Gasteiger partial charge in [0.25, 0.3) is 0 Å². The van der Waals surface area contributed by atoms with E-state index in [2.05, 4.69) is 43.9 Å². The van der Waals surface area contributed by atoms with Crippen molar-refractivity contribution < 1.29 is 9.47 Å². The van der Waals surface area contributed by atoms with Crippen molar-refractivity contribution in [1.29, 1.82) is 0 Å². The summed E-state index contributed by atoms with van der Waals surface area (Å²) in [6.45, 7) is 8.75. The number of methoxy groups -OCH3 is 1. The Bertz CT molecular complexity index is 1140. The van der Waals surface area contributed by atoms with E-state index in [0.29, 0.717) is 12.0 Å². The molecular formula is C24H31ClN6O2. The van der Waals surface area contributed by atoms with Crippen LogP contribution in [-0.2, 0) is 9.47 Å². The van der Waals surface area contributed by atoms with Gasteiger partial charge in [-0.15, -0.1) is 0 Å². The highest BCUT2D eigenvalue weighted by Crippen LogP contribution is 2.38. The minimum Gasteiger partial charge on any atom is -0.384 e. The second-order valence-electron chi connectivity index (χ2n) is 10.0. The minimum absolute atomic E-state index is 0.197. The average molecular weight is 471 g/mol. The third-order valence-corrected chi connectivity index (χ3v) is 7.97. The lowest BCUT2D eigenvalue weighted by atomic mass is 9.81. The fourth-order valence-electron chi connectivity index (χ4n) is 5.48. The summed E-state index contributed by atoms with van der Waals surface area (Å²) in [5.74, 6) is 0.641. The van der Waals surface area contributed by atoms with Crippen molar-refractivity contribution in [3.8, 4) is 5.69 Å². The Labute approximate surface area is 199 Å². The van der Waals surface area contributed by atoms with Gasteiger partial charge in [0.2, 0.25) is 0 Å². The Morgan fingerprint density at radius 2 is 1.91 bits per heavy atom. The van der Waals surface area contributed by atoms with Gasteiger partial charge >= 0.3 is 0 Å². The zero-order valence-electron chi connectivity index (χ0n) is 19.3. The molecule has 9 heteroatoms. The lowest BCUT2D eigenvalue weighted by Gasteiger charge is -2.50. The Hall–Kier alpha value is -2.13. The van der Waals surface area contributed by atoms with Crippen LogP contribution < -0.4 is 4.90 Å². The number of anilines is 1. The quantitative estimate of drug-likeness (QED) is 0.550. The van der Waals surface area contributed by atoms with Crippen LogP contribution >= 0.6 is 11.6 Å². The van der Waals surface area contributed by atoms with Crippen molar-refractivity contribution in [2.24, 2.45) is 5.92 Å². The van der Waals surface area contributed by atoms with E-state index < -0.39 is 0 Å². The highest BCUT2D eigenvalue weighted by Gasteiger charge is 2.40. The summed E-state index contributed by atoms with van der Waals surface area (Å²) >= 11 is 6.73. The van der Waals surface area contributed by atoms with Crippen LogP contribution in [-0.4, -0.2) is 83.1 Å². The number of halogens is 1. The molecule has 8 nitrogen and oxygen atoms in total. The molecule has 3 fully saturated rings. The molecule has 2 aliphatic heterocycles. The molecule has 4 heterocycles. The first kappa shape index (κ1) is 21.4. The molecule has 2 aromatic heterocycles. The summed E-state index contributed by atoms with van der Waals surface area (Å²) in [4.78, 5) is 4.95. The maximum atomic E-state index is 6.73. The van der Waals surface area contributed by atoms with Gasteiger partial charge in [0, 0.05) is 45.3 Å². The summed E-state index contributed by atoms with van der Waals surface area (Å²) in [5, 5.41) is 11.1. The monoisotopic (exact) mass is 470 g/mol. The van der Waals surface area contributed by atoms with Crippen LogP contribution in [0.25, 0.3) is 16.6 Å². The maximum absolute atomic E-state index is 6.73. The second-order valence-corrected chi connectivity index (χ2v) is 10.4. The molecule has 0 unspecified atom stereocenters. The van der Waals surface area contributed by atoms with E-state index in [4.69, 9.17) is 21.1 Å². The molecule has 1 aromatic carbocycles. The van der Waals surface area contributed by atoms with Gasteiger partial charge in [-0.3, -0.25) is 9.58 Å². The van der Waals surface area contributed by atoms with E-state index in [1.165, 1.54) is 0 Å². The Morgan fingerprint density at radius 3 is 2.61 bits per heavy atom. The third-order valence-electron chi connectivity index (χ3n) is 7.67. The van der Waals surface area contributed by atoms with E-state index in [1.807, 2.05) is 23.1 Å². The van der Waals surface area contributed by atoms with Crippen LogP contribution in [0.1, 0.15) is 25.8 Å². The number of hydrogen-bond acceptors (Lipinski definition) is 6. The number of aromatic nitrogens is 4. The van der Waals surface area contributed by atoms with Crippen molar-refractivity contribution in [1.82, 2.24) is 24.5 Å². The molecule has 2 saturated heterocycles. The fourth-order valence-corrected chi connectivity index (χ4v) is 5.77. The summed E-state index contributed by atoms with van der Waals surface area (Å²) in [5.41, 5.74) is 3.31. The second kappa shape index (κ2) is 8.27. The van der Waals surface area contributed by atoms with Crippen molar-refractivity contribution in [2.75, 3.05) is 58.0 Å². The van der Waals surface area contributed by atoms with E-state index in [1.54, 1.807) is 7.11 Å². The first-order valence-electron chi connectivity index (χ1n) is 11.8. The molecular weight excluding hydrogens is 440 g/mol. The number of fused-ring (bicyclic) bond motifs is 1. The SMILES string of the molecule is COCC1CC(n2cc(-n3ncc4cc(Cl)c(N5CCN(C6(C)COC6)CC5)cc43)cn2)C1. The molecule has 33 heavy (non-hydrogen) atoms. The largest absolute Gasteiger partial charge is 0.384 e. The van der Waals surface area contributed by atoms with Gasteiger partial charge in [-0.25, -0.2) is 4.68 Å². The van der Waals surface area contributed by atoms with E-state index in [9.17, 15) is 0 Å². The lowest BCUT2D eigenvalue weighted by Crippen LogP contribution is -2.64. The minimum atomic E-state index is 0.197. The molecule has 1 saturated carbocycles. The van der Waals surface area contributed by atoms with Gasteiger partial charge in [-0.1, -0.05) is 11.6 Å². The van der Waals surface area contributed by atoms with Crippen molar-refractivity contribution >= 4 is 28.2 Å². The average Bonchev–Trinajstić information content (AvgIpc) is 3.40. The maximum Gasteiger partial charge on any atom is 0.103 e. The smallest absolute Gasteiger partial charge is 0.103 e. The zero-order chi connectivity index (χ0) is 22.6. The molecule has 1 aliphatic carbocycles. The Kier molecular flexibility index (Phi) is 5.36. The molecule has 176 valence electrons. The van der Waals surface area contributed by atoms with Crippen molar-refractivity contribution in [3.05, 3.63) is 35.7 Å². The molecule has 3 aliphatic rings. The third kappa shape index (κ3) is 3.73. The predicted octanol–water partition coefficient (Wildman–Crippen LogP) is 3.38. The highest BCUT2D eigenvalue weighted by atomic mass is 35.5. The number of rotatable bonds is 6. The number of benzene rings is 1. The molecule has 0 N–H and O–H groups in total. The molecule has 0 radical (unpaired) electrons. The number of piperazine rings is 1. The van der Waals surface area contributed by atoms with E-state index >= 15 is 0 Å². The van der Waals surface area contributed by atoms with Crippen molar-refractivity contribution in [2.45, 2.75) is 31.3 Å². The van der Waals surface area contributed by atoms with Gasteiger partial charge in [-0.2, -0.15) is 10.2 Å². The summed E-state index contributed by atoms with van der Waals surface area (Å²) in [6, 6.07) is 4.67. The molecule has 0 atom stereocenters. The number of hydrogen-bond donors (Lipinski definition) is 0. The normalized spacial score (nSPS) is 25.2. The van der Waals surface area contributed by atoms with Gasteiger partial charge in [-0.05, 0) is 37.8 Å². The predicted molar refractivity (Wildman–Crippen MR) is 129 cm³/mol. The topological polar surface area (TPSA) is 60.6 Å². The van der Waals surface area contributed by atoms with Crippen LogP contribution in [0.15, 0.2) is 30.7 Å². The van der Waals surface area contributed by atoms with Crippen LogP contribution in [0, 0.1) is 5.92 Å². The molecule has 3 aromatic rings. The van der Waals surface area contributed by atoms with Gasteiger partial charge in [0.1, 0.15) is 5.69 Å². The number of nitrogens with zero attached hydrogens (tertiary/aromatic N) is 6. The van der Waals surface area contributed by atoms with Crippen LogP contribution in [0.4, 0.5) is 5.69 Å². The van der Waals surface area contributed by atoms with Gasteiger partial charge in [0.15, 0.2) is 0 Å². The first-order chi connectivity index (χ1) is 16.0. The summed E-state index contributed by atoms with van der Waals surface area (Å²) in [6.07, 6.45) is 8.13. The molecule has 6 rings (SSSR count). The van der Waals surface area contributed by atoms with Crippen molar-refractivity contribution in [3.63, 3.8) is 0 Å². The highest BCUT2D eigenvalue weighted by molar-refractivity contribution is 6.34. The lowest BCUT2D eigenvalue weighted by molar-refractivity contribution is -0.131.